The number of ether oxygens (including phenoxy) is 3. The number of alkyl halides is 8. The maximum Gasteiger partial charge on any atom is 0.434 e. The fraction of sp³-hybridized carbons (Fsp3) is 0.833. The molecule has 14 heteroatoms. The number of hydrogen-bond acceptors (Lipinski definition) is 6. The van der Waals surface area contributed by atoms with E-state index in [2.05, 4.69) is 14.2 Å². The Morgan fingerprint density at radius 2 is 1.31 bits per heavy atom. The average Bonchev–Trinajstić information content (AvgIpc) is 2.61. The van der Waals surface area contributed by atoms with Crippen LogP contribution in [0, 0.1) is 10.8 Å². The van der Waals surface area contributed by atoms with Crippen LogP contribution in [0.5, 0.6) is 0 Å². The van der Waals surface area contributed by atoms with E-state index >= 15 is 0 Å². The molecular weight excluding hydrogens is 464 g/mol. The Bertz CT molecular complexity index is 659. The third kappa shape index (κ3) is 8.77. The third-order valence-electron chi connectivity index (χ3n) is 4.47. The summed E-state index contributed by atoms with van der Waals surface area (Å²) in [6.07, 6.45) is -21.3. The van der Waals surface area contributed by atoms with E-state index in [4.69, 9.17) is 0 Å². The number of esters is 3. The zero-order chi connectivity index (χ0) is 25.7. The molecule has 0 aromatic carbocycles. The largest absolute Gasteiger partial charge is 0.456 e. The molecule has 0 aliphatic heterocycles. The summed E-state index contributed by atoms with van der Waals surface area (Å²) >= 11 is 0. The first kappa shape index (κ1) is 29.9. The van der Waals surface area contributed by atoms with Gasteiger partial charge in [0.2, 0.25) is 0 Å². The average molecular weight is 488 g/mol. The van der Waals surface area contributed by atoms with Gasteiger partial charge in [-0.2, -0.15) is 26.3 Å². The predicted octanol–water partition coefficient (Wildman–Crippen LogP) is 4.60. The molecule has 0 aromatic heterocycles. The molecule has 0 radical (unpaired) electrons. The van der Waals surface area contributed by atoms with E-state index in [1.54, 1.807) is 0 Å². The van der Waals surface area contributed by atoms with Gasteiger partial charge < -0.3 is 14.2 Å². The first-order valence-electron chi connectivity index (χ1n) is 9.16. The molecule has 0 N–H and O–H groups in total. The molecule has 0 amide bonds. The quantitative estimate of drug-likeness (QED) is 0.254. The monoisotopic (exact) mass is 488 g/mol. The molecule has 188 valence electrons. The van der Waals surface area contributed by atoms with Crippen LogP contribution in [0.4, 0.5) is 35.1 Å². The Morgan fingerprint density at radius 1 is 0.844 bits per heavy atom. The summed E-state index contributed by atoms with van der Waals surface area (Å²) in [5.74, 6) is -4.40. The predicted molar refractivity (Wildman–Crippen MR) is 91.3 cm³/mol. The van der Waals surface area contributed by atoms with E-state index < -0.39 is 66.3 Å². The number of carbonyl (C=O) groups is 3. The van der Waals surface area contributed by atoms with E-state index in [0.717, 1.165) is 6.92 Å². The van der Waals surface area contributed by atoms with E-state index in [0.29, 0.717) is 0 Å². The smallest absolute Gasteiger partial charge is 0.434 e. The highest BCUT2D eigenvalue weighted by Gasteiger charge is 2.60. The van der Waals surface area contributed by atoms with Crippen molar-refractivity contribution in [2.75, 3.05) is 6.61 Å². The molecule has 0 fully saturated rings. The molecule has 0 heterocycles. The molecule has 0 bridgehead atoms. The third-order valence-corrected chi connectivity index (χ3v) is 4.47. The SMILES string of the molecule is CCC(C)(CC(C)(C)C(=O)OCC(=O)OC(C(F)(F)F)C(F)(F)F)C(=O)OC(C)C(F)F. The molecule has 0 rings (SSSR count). The Kier molecular flexibility index (Phi) is 9.93. The van der Waals surface area contributed by atoms with Gasteiger partial charge >= 0.3 is 30.3 Å². The lowest BCUT2D eigenvalue weighted by Crippen LogP contribution is -2.46. The zero-order valence-electron chi connectivity index (χ0n) is 17.8. The Balaban J connectivity index is 5.17. The molecule has 32 heavy (non-hydrogen) atoms. The number of halogens is 8. The standard InChI is InChI=1S/C18H24F8O6/c1-6-16(5,14(29)31-9(2)11(19)20)8-15(3,4)13(28)30-7-10(27)32-12(17(21,22)23)18(24,25)26/h9,11-12H,6-8H2,1-5H3. The summed E-state index contributed by atoms with van der Waals surface area (Å²) in [5, 5.41) is 0. The van der Waals surface area contributed by atoms with Crippen LogP contribution in [0.25, 0.3) is 0 Å². The number of hydrogen-bond donors (Lipinski definition) is 0. The van der Waals surface area contributed by atoms with Crippen molar-refractivity contribution in [1.82, 2.24) is 0 Å². The van der Waals surface area contributed by atoms with Gasteiger partial charge in [-0.05, 0) is 40.5 Å². The topological polar surface area (TPSA) is 78.9 Å². The lowest BCUT2D eigenvalue weighted by atomic mass is 9.72. The normalized spacial score (nSPS) is 15.8. The molecule has 0 aromatic rings. The van der Waals surface area contributed by atoms with Crippen molar-refractivity contribution >= 4 is 17.9 Å². The molecule has 2 unspecified atom stereocenters. The van der Waals surface area contributed by atoms with Gasteiger partial charge in [0.15, 0.2) is 12.7 Å². The van der Waals surface area contributed by atoms with Crippen LogP contribution in [-0.4, -0.2) is 55.5 Å². The Hall–Kier alpha value is -2.15. The molecule has 2 atom stereocenters. The van der Waals surface area contributed by atoms with Crippen LogP contribution < -0.4 is 0 Å². The Morgan fingerprint density at radius 3 is 1.69 bits per heavy atom. The van der Waals surface area contributed by atoms with Crippen molar-refractivity contribution in [3.05, 3.63) is 0 Å². The summed E-state index contributed by atoms with van der Waals surface area (Å²) in [7, 11) is 0. The fourth-order valence-electron chi connectivity index (χ4n) is 2.56. The van der Waals surface area contributed by atoms with Crippen LogP contribution in [0.2, 0.25) is 0 Å². The first-order valence-corrected chi connectivity index (χ1v) is 9.16. The summed E-state index contributed by atoms with van der Waals surface area (Å²) in [6.45, 7) is 4.65. The highest BCUT2D eigenvalue weighted by atomic mass is 19.4. The highest BCUT2D eigenvalue weighted by molar-refractivity contribution is 5.82. The van der Waals surface area contributed by atoms with E-state index in [1.165, 1.54) is 27.7 Å². The van der Waals surface area contributed by atoms with Crippen molar-refractivity contribution in [2.24, 2.45) is 10.8 Å². The minimum Gasteiger partial charge on any atom is -0.456 e. The van der Waals surface area contributed by atoms with E-state index in [1.807, 2.05) is 0 Å². The molecular formula is C18H24F8O6. The first-order chi connectivity index (χ1) is 14.2. The minimum absolute atomic E-state index is 0.0272. The molecule has 6 nitrogen and oxygen atoms in total. The second-order valence-electron chi connectivity index (χ2n) is 7.95. The van der Waals surface area contributed by atoms with Gasteiger partial charge in [-0.15, -0.1) is 0 Å². The van der Waals surface area contributed by atoms with Crippen molar-refractivity contribution in [3.8, 4) is 0 Å². The Labute approximate surface area is 178 Å². The van der Waals surface area contributed by atoms with Crippen LogP contribution >= 0.6 is 0 Å². The second-order valence-corrected chi connectivity index (χ2v) is 7.95. The van der Waals surface area contributed by atoms with Crippen molar-refractivity contribution < 1.29 is 63.7 Å². The molecule has 0 saturated carbocycles. The molecule has 0 spiro atoms. The van der Waals surface area contributed by atoms with Gasteiger partial charge in [-0.3, -0.25) is 9.59 Å². The van der Waals surface area contributed by atoms with Gasteiger partial charge in [0, 0.05) is 0 Å². The fourth-order valence-corrected chi connectivity index (χ4v) is 2.56. The van der Waals surface area contributed by atoms with Gasteiger partial charge in [0.25, 0.3) is 12.5 Å². The van der Waals surface area contributed by atoms with Crippen molar-refractivity contribution in [3.63, 3.8) is 0 Å². The van der Waals surface area contributed by atoms with Gasteiger partial charge in [-0.25, -0.2) is 13.6 Å². The maximum atomic E-state index is 12.6. The van der Waals surface area contributed by atoms with Gasteiger partial charge in [0.1, 0.15) is 0 Å². The van der Waals surface area contributed by atoms with Gasteiger partial charge in [-0.1, -0.05) is 6.92 Å². The van der Waals surface area contributed by atoms with Crippen LogP contribution in [-0.2, 0) is 28.6 Å². The summed E-state index contributed by atoms with van der Waals surface area (Å²) in [6, 6.07) is 0. The highest BCUT2D eigenvalue weighted by Crippen LogP contribution is 2.39. The molecule has 0 aliphatic rings. The number of rotatable bonds is 10. The molecule has 0 aliphatic carbocycles. The van der Waals surface area contributed by atoms with Crippen LogP contribution in [0.15, 0.2) is 0 Å². The van der Waals surface area contributed by atoms with Crippen LogP contribution in [0.1, 0.15) is 47.5 Å². The zero-order valence-corrected chi connectivity index (χ0v) is 17.8. The lowest BCUT2D eigenvalue weighted by molar-refractivity contribution is -0.313. The van der Waals surface area contributed by atoms with E-state index in [-0.39, 0.29) is 12.8 Å². The van der Waals surface area contributed by atoms with Crippen molar-refractivity contribution in [2.45, 2.75) is 78.4 Å². The van der Waals surface area contributed by atoms with Gasteiger partial charge in [0.05, 0.1) is 10.8 Å². The second kappa shape index (κ2) is 10.6. The maximum absolute atomic E-state index is 12.6. The molecule has 0 saturated heterocycles. The number of carbonyl (C=O) groups excluding carboxylic acids is 3. The summed E-state index contributed by atoms with van der Waals surface area (Å²) in [5.41, 5.74) is -3.07. The summed E-state index contributed by atoms with van der Waals surface area (Å²) in [4.78, 5) is 35.9. The lowest BCUT2D eigenvalue weighted by Gasteiger charge is -2.34. The summed E-state index contributed by atoms with van der Waals surface area (Å²) < 4.78 is 112. The van der Waals surface area contributed by atoms with E-state index in [9.17, 15) is 49.5 Å². The van der Waals surface area contributed by atoms with Crippen molar-refractivity contribution in [1.29, 1.82) is 0 Å². The minimum atomic E-state index is -5.93. The van der Waals surface area contributed by atoms with Crippen LogP contribution in [0.3, 0.4) is 0 Å².